The van der Waals surface area contributed by atoms with Crippen molar-refractivity contribution >= 4 is 5.91 Å². The van der Waals surface area contributed by atoms with Crippen LogP contribution >= 0.6 is 0 Å². The predicted molar refractivity (Wildman–Crippen MR) is 85.2 cm³/mol. The average molecular weight is 445 g/mol. The summed E-state index contributed by atoms with van der Waals surface area (Å²) < 4.78 is 117. The molecule has 0 aliphatic carbocycles. The number of halogens is 9. The number of carbonyl (C=O) groups is 1. The van der Waals surface area contributed by atoms with E-state index in [0.717, 1.165) is 24.3 Å². The number of benzene rings is 2. The highest BCUT2D eigenvalue weighted by Crippen LogP contribution is 2.39. The van der Waals surface area contributed by atoms with Crippen LogP contribution < -0.4 is 5.32 Å². The van der Waals surface area contributed by atoms with Crippen molar-refractivity contribution in [1.29, 1.82) is 0 Å². The molecule has 0 aromatic heterocycles. The molecule has 1 atom stereocenters. The molecule has 1 unspecified atom stereocenters. The smallest absolute Gasteiger partial charge is 0.375 e. The van der Waals surface area contributed by atoms with Gasteiger partial charge in [-0.05, 0) is 23.8 Å². The first-order valence-corrected chi connectivity index (χ1v) is 7.98. The van der Waals surface area contributed by atoms with Crippen LogP contribution in [0.3, 0.4) is 0 Å². The van der Waals surface area contributed by atoms with Crippen molar-refractivity contribution in [2.75, 3.05) is 6.54 Å². The molecule has 0 heterocycles. The van der Waals surface area contributed by atoms with Gasteiger partial charge in [0, 0.05) is 5.56 Å². The Hall–Kier alpha value is -2.76. The van der Waals surface area contributed by atoms with Gasteiger partial charge in [0.05, 0.1) is 17.7 Å². The minimum atomic E-state index is -5.31. The average Bonchev–Trinajstić information content (AvgIpc) is 2.63. The summed E-state index contributed by atoms with van der Waals surface area (Å²) in [7, 11) is 0. The minimum Gasteiger partial charge on any atom is -0.375 e. The molecule has 0 saturated heterocycles. The molecule has 0 aliphatic rings. The van der Waals surface area contributed by atoms with Gasteiger partial charge in [-0.25, -0.2) is 0 Å². The molecule has 30 heavy (non-hydrogen) atoms. The van der Waals surface area contributed by atoms with E-state index >= 15 is 0 Å². The molecule has 0 bridgehead atoms. The van der Waals surface area contributed by atoms with Crippen LogP contribution in [0.1, 0.15) is 27.0 Å². The summed E-state index contributed by atoms with van der Waals surface area (Å²) in [5.41, 5.74) is -9.10. The number of nitrogens with one attached hydrogen (secondary N) is 1. The first kappa shape index (κ1) is 23.5. The molecule has 0 aliphatic heterocycles. The Morgan fingerprint density at radius 1 is 0.767 bits per heavy atom. The first-order chi connectivity index (χ1) is 13.6. The fourth-order valence-electron chi connectivity index (χ4n) is 2.48. The second-order valence-electron chi connectivity index (χ2n) is 6.20. The Labute approximate surface area is 163 Å². The summed E-state index contributed by atoms with van der Waals surface area (Å²) >= 11 is 0. The molecule has 0 spiro atoms. The molecule has 2 N–H and O–H groups in total. The number of rotatable bonds is 4. The summed E-state index contributed by atoms with van der Waals surface area (Å²) in [6, 6.07) is 5.37. The Balaban J connectivity index is 2.39. The maximum absolute atomic E-state index is 13.4. The van der Waals surface area contributed by atoms with E-state index in [0.29, 0.717) is 0 Å². The van der Waals surface area contributed by atoms with E-state index in [-0.39, 0.29) is 18.2 Å². The third-order valence-corrected chi connectivity index (χ3v) is 4.07. The molecule has 0 saturated carbocycles. The number of alkyl halides is 9. The maximum atomic E-state index is 13.4. The van der Waals surface area contributed by atoms with Crippen molar-refractivity contribution in [1.82, 2.24) is 5.32 Å². The second-order valence-corrected chi connectivity index (χ2v) is 6.20. The van der Waals surface area contributed by atoms with E-state index in [1.165, 1.54) is 6.07 Å². The third-order valence-electron chi connectivity index (χ3n) is 4.07. The topological polar surface area (TPSA) is 49.3 Å². The van der Waals surface area contributed by atoms with Gasteiger partial charge < -0.3 is 10.4 Å². The van der Waals surface area contributed by atoms with Gasteiger partial charge in [-0.3, -0.25) is 4.79 Å². The SMILES string of the molecule is O=C(NCC(O)(c1ccccc1)C(F)(F)F)c1cc(C(F)(F)F)cc(C(F)(F)F)c1. The first-order valence-electron chi connectivity index (χ1n) is 7.98. The van der Waals surface area contributed by atoms with Crippen LogP contribution in [0.4, 0.5) is 39.5 Å². The Kier molecular flexibility index (Phi) is 6.13. The predicted octanol–water partition coefficient (Wildman–Crippen LogP) is 4.90. The normalized spacial score (nSPS) is 14.9. The number of carbonyl (C=O) groups excluding carboxylic acids is 1. The lowest BCUT2D eigenvalue weighted by molar-refractivity contribution is -0.263. The summed E-state index contributed by atoms with van der Waals surface area (Å²) in [4.78, 5) is 12.1. The van der Waals surface area contributed by atoms with E-state index in [1.54, 1.807) is 5.32 Å². The van der Waals surface area contributed by atoms with Crippen molar-refractivity contribution in [2.45, 2.75) is 24.1 Å². The zero-order valence-corrected chi connectivity index (χ0v) is 14.6. The van der Waals surface area contributed by atoms with Crippen molar-refractivity contribution < 1.29 is 49.4 Å². The molecule has 0 fully saturated rings. The fourth-order valence-corrected chi connectivity index (χ4v) is 2.48. The van der Waals surface area contributed by atoms with E-state index in [1.807, 2.05) is 0 Å². The monoisotopic (exact) mass is 445 g/mol. The summed E-state index contributed by atoms with van der Waals surface area (Å²) in [6.45, 7) is -1.54. The lowest BCUT2D eigenvalue weighted by Gasteiger charge is -2.31. The molecular formula is C18H12F9NO2. The van der Waals surface area contributed by atoms with Crippen molar-refractivity contribution in [3.63, 3.8) is 0 Å². The molecule has 164 valence electrons. The highest BCUT2D eigenvalue weighted by molar-refractivity contribution is 5.94. The molecule has 2 rings (SSSR count). The van der Waals surface area contributed by atoms with Gasteiger partial charge in [0.2, 0.25) is 5.60 Å². The molecule has 12 heteroatoms. The molecule has 2 aromatic rings. The maximum Gasteiger partial charge on any atom is 0.423 e. The van der Waals surface area contributed by atoms with Crippen molar-refractivity contribution in [2.24, 2.45) is 0 Å². The quantitative estimate of drug-likeness (QED) is 0.658. The summed E-state index contributed by atoms with van der Waals surface area (Å²) in [5.74, 6) is -1.66. The van der Waals surface area contributed by atoms with Crippen LogP contribution in [0.25, 0.3) is 0 Å². The highest BCUT2D eigenvalue weighted by atomic mass is 19.4. The number of hydrogen-bond acceptors (Lipinski definition) is 2. The van der Waals surface area contributed by atoms with E-state index in [4.69, 9.17) is 0 Å². The van der Waals surface area contributed by atoms with Crippen LogP contribution in [-0.4, -0.2) is 23.7 Å². The highest BCUT2D eigenvalue weighted by Gasteiger charge is 2.55. The van der Waals surface area contributed by atoms with Crippen LogP contribution in [0, 0.1) is 0 Å². The zero-order chi connectivity index (χ0) is 23.0. The number of amides is 1. The summed E-state index contributed by atoms with van der Waals surface area (Å²) in [5, 5.41) is 11.6. The van der Waals surface area contributed by atoms with E-state index in [2.05, 4.69) is 0 Å². The lowest BCUT2D eigenvalue weighted by atomic mass is 9.93. The van der Waals surface area contributed by atoms with Gasteiger partial charge in [-0.2, -0.15) is 39.5 Å². The van der Waals surface area contributed by atoms with Crippen molar-refractivity contribution in [3.05, 3.63) is 70.8 Å². The van der Waals surface area contributed by atoms with Crippen LogP contribution in [0.5, 0.6) is 0 Å². The van der Waals surface area contributed by atoms with E-state index in [9.17, 15) is 49.4 Å². The van der Waals surface area contributed by atoms with Crippen LogP contribution in [0.15, 0.2) is 48.5 Å². The zero-order valence-electron chi connectivity index (χ0n) is 14.6. The molecule has 3 nitrogen and oxygen atoms in total. The molecular weight excluding hydrogens is 433 g/mol. The lowest BCUT2D eigenvalue weighted by Crippen LogP contribution is -2.51. The van der Waals surface area contributed by atoms with Gasteiger partial charge in [0.1, 0.15) is 0 Å². The van der Waals surface area contributed by atoms with Gasteiger partial charge >= 0.3 is 18.5 Å². The van der Waals surface area contributed by atoms with Gasteiger partial charge in [-0.1, -0.05) is 30.3 Å². The van der Waals surface area contributed by atoms with Gasteiger partial charge in [0.25, 0.3) is 5.91 Å². The Bertz CT molecular complexity index is 872. The van der Waals surface area contributed by atoms with Crippen molar-refractivity contribution in [3.8, 4) is 0 Å². The number of hydrogen-bond donors (Lipinski definition) is 2. The Morgan fingerprint density at radius 2 is 1.23 bits per heavy atom. The standard InChI is InChI=1S/C18H12F9NO2/c19-16(20,21)12-6-10(7-13(8-12)17(22,23)24)14(29)28-9-15(30,18(25,26)27)11-4-2-1-3-5-11/h1-8,30H,9H2,(H,28,29). The van der Waals surface area contributed by atoms with E-state index < -0.39 is 58.8 Å². The molecule has 0 radical (unpaired) electrons. The largest absolute Gasteiger partial charge is 0.423 e. The number of aliphatic hydroxyl groups is 1. The third kappa shape index (κ3) is 5.04. The molecule has 2 aromatic carbocycles. The molecule has 1 amide bonds. The minimum absolute atomic E-state index is 0.0692. The van der Waals surface area contributed by atoms with Gasteiger partial charge in [0.15, 0.2) is 0 Å². The van der Waals surface area contributed by atoms with Crippen LogP contribution in [0.2, 0.25) is 0 Å². The van der Waals surface area contributed by atoms with Crippen LogP contribution in [-0.2, 0) is 18.0 Å². The second kappa shape index (κ2) is 7.82. The fraction of sp³-hybridized carbons (Fsp3) is 0.278. The van der Waals surface area contributed by atoms with Gasteiger partial charge in [-0.15, -0.1) is 0 Å². The summed E-state index contributed by atoms with van der Waals surface area (Å²) in [6.07, 6.45) is -15.8. The Morgan fingerprint density at radius 3 is 1.63 bits per heavy atom.